The highest BCUT2D eigenvalue weighted by Crippen LogP contribution is 2.18. The molecule has 2 aromatic heterocycles. The van der Waals surface area contributed by atoms with Gasteiger partial charge in [0.2, 0.25) is 0 Å². The molecule has 0 bridgehead atoms. The molecule has 3 rings (SSSR count). The Morgan fingerprint density at radius 1 is 1.30 bits per heavy atom. The molecule has 0 saturated heterocycles. The molecule has 6 nitrogen and oxygen atoms in total. The first-order chi connectivity index (χ1) is 11.0. The number of hydrogen-bond acceptors (Lipinski definition) is 3. The molecule has 0 aliphatic heterocycles. The van der Waals surface area contributed by atoms with Crippen molar-refractivity contribution in [3.05, 3.63) is 59.8 Å². The number of carboxylic acid groups (broad SMARTS) is 1. The molecule has 0 radical (unpaired) electrons. The van der Waals surface area contributed by atoms with Crippen molar-refractivity contribution in [2.45, 2.75) is 19.9 Å². The Hall–Kier alpha value is -2.89. The summed E-state index contributed by atoms with van der Waals surface area (Å²) in [6.45, 7) is 2.69. The fourth-order valence-corrected chi connectivity index (χ4v) is 2.56. The maximum atomic E-state index is 11.1. The van der Waals surface area contributed by atoms with Gasteiger partial charge in [0.15, 0.2) is 0 Å². The normalized spacial score (nSPS) is 10.9. The van der Waals surface area contributed by atoms with E-state index in [9.17, 15) is 4.79 Å². The van der Waals surface area contributed by atoms with E-state index in [4.69, 9.17) is 5.11 Å². The number of rotatable bonds is 5. The Morgan fingerprint density at radius 3 is 2.83 bits per heavy atom. The number of carbonyl (C=O) groups is 1. The monoisotopic (exact) mass is 310 g/mol. The van der Waals surface area contributed by atoms with E-state index in [-0.39, 0.29) is 0 Å². The Balaban J connectivity index is 1.74. The summed E-state index contributed by atoms with van der Waals surface area (Å²) in [5.41, 5.74) is 4.47. The molecule has 0 spiro atoms. The molecule has 0 aliphatic carbocycles. The van der Waals surface area contributed by atoms with Crippen LogP contribution < -0.4 is 0 Å². The van der Waals surface area contributed by atoms with Gasteiger partial charge in [-0.15, -0.1) is 0 Å². The molecule has 2 heterocycles. The molecule has 23 heavy (non-hydrogen) atoms. The van der Waals surface area contributed by atoms with Gasteiger partial charge in [0.1, 0.15) is 0 Å². The lowest BCUT2D eigenvalue weighted by atomic mass is 10.0. The lowest BCUT2D eigenvalue weighted by molar-refractivity contribution is 0.0696. The number of imidazole rings is 1. The van der Waals surface area contributed by atoms with E-state index in [1.165, 1.54) is 0 Å². The summed E-state index contributed by atoms with van der Waals surface area (Å²) >= 11 is 0. The van der Waals surface area contributed by atoms with Crippen LogP contribution in [0.1, 0.15) is 21.5 Å². The Kier molecular flexibility index (Phi) is 3.97. The highest BCUT2D eigenvalue weighted by Gasteiger charge is 2.08. The Bertz CT molecular complexity index is 848. The summed E-state index contributed by atoms with van der Waals surface area (Å²) in [6.07, 6.45) is 8.10. The third-order valence-corrected chi connectivity index (χ3v) is 3.95. The van der Waals surface area contributed by atoms with Gasteiger partial charge in [0.05, 0.1) is 30.0 Å². The average Bonchev–Trinajstić information content (AvgIpc) is 3.14. The summed E-state index contributed by atoms with van der Waals surface area (Å²) in [7, 11) is 1.94. The zero-order valence-corrected chi connectivity index (χ0v) is 13.1. The molecule has 0 saturated carbocycles. The second kappa shape index (κ2) is 6.08. The molecule has 3 aromatic rings. The van der Waals surface area contributed by atoms with Gasteiger partial charge in [-0.3, -0.25) is 4.68 Å². The molecular formula is C17H18N4O2. The number of carboxylic acids is 1. The van der Waals surface area contributed by atoms with E-state index in [0.717, 1.165) is 28.8 Å². The Morgan fingerprint density at radius 2 is 2.13 bits per heavy atom. The van der Waals surface area contributed by atoms with E-state index in [0.29, 0.717) is 12.1 Å². The van der Waals surface area contributed by atoms with Crippen molar-refractivity contribution in [2.24, 2.45) is 7.05 Å². The van der Waals surface area contributed by atoms with E-state index in [2.05, 4.69) is 10.1 Å². The largest absolute Gasteiger partial charge is 0.478 e. The summed E-state index contributed by atoms with van der Waals surface area (Å²) in [5.74, 6) is -0.899. The molecule has 0 aliphatic rings. The molecule has 118 valence electrons. The van der Waals surface area contributed by atoms with Gasteiger partial charge in [0.25, 0.3) is 0 Å². The van der Waals surface area contributed by atoms with Gasteiger partial charge in [-0.05, 0) is 36.6 Å². The minimum Gasteiger partial charge on any atom is -0.478 e. The quantitative estimate of drug-likeness (QED) is 0.786. The number of aromatic nitrogens is 4. The van der Waals surface area contributed by atoms with Gasteiger partial charge < -0.3 is 9.67 Å². The third-order valence-electron chi connectivity index (χ3n) is 3.95. The van der Waals surface area contributed by atoms with Crippen molar-refractivity contribution in [3.8, 4) is 11.3 Å². The zero-order chi connectivity index (χ0) is 16.4. The smallest absolute Gasteiger partial charge is 0.335 e. The predicted molar refractivity (Wildman–Crippen MR) is 86.3 cm³/mol. The minimum atomic E-state index is -0.899. The van der Waals surface area contributed by atoms with Crippen molar-refractivity contribution in [2.75, 3.05) is 0 Å². The maximum absolute atomic E-state index is 11.1. The van der Waals surface area contributed by atoms with Gasteiger partial charge >= 0.3 is 5.97 Å². The predicted octanol–water partition coefficient (Wildman–Crippen LogP) is 2.53. The average molecular weight is 310 g/mol. The lowest BCUT2D eigenvalue weighted by Crippen LogP contribution is -2.05. The second-order valence-electron chi connectivity index (χ2n) is 5.58. The van der Waals surface area contributed by atoms with Crippen molar-refractivity contribution >= 4 is 5.97 Å². The van der Waals surface area contributed by atoms with Gasteiger partial charge in [-0.25, -0.2) is 9.78 Å². The molecule has 0 unspecified atom stereocenters. The second-order valence-corrected chi connectivity index (χ2v) is 5.58. The SMILES string of the molecule is Cc1ccc(C(=O)O)cc1CCn1cc(-c2cncn2C)cn1. The highest BCUT2D eigenvalue weighted by molar-refractivity contribution is 5.87. The summed E-state index contributed by atoms with van der Waals surface area (Å²) < 4.78 is 3.82. The van der Waals surface area contributed by atoms with E-state index in [1.807, 2.05) is 47.9 Å². The van der Waals surface area contributed by atoms with Crippen LogP contribution in [0.5, 0.6) is 0 Å². The molecular weight excluding hydrogens is 292 g/mol. The van der Waals surface area contributed by atoms with Crippen LogP contribution in [0.4, 0.5) is 0 Å². The molecule has 0 amide bonds. The van der Waals surface area contributed by atoms with Crippen LogP contribution in [0, 0.1) is 6.92 Å². The highest BCUT2D eigenvalue weighted by atomic mass is 16.4. The summed E-state index contributed by atoms with van der Waals surface area (Å²) in [4.78, 5) is 15.2. The topological polar surface area (TPSA) is 72.9 Å². The van der Waals surface area contributed by atoms with E-state index in [1.54, 1.807) is 18.5 Å². The zero-order valence-electron chi connectivity index (χ0n) is 13.1. The van der Waals surface area contributed by atoms with Crippen LogP contribution in [0.25, 0.3) is 11.3 Å². The van der Waals surface area contributed by atoms with Crippen molar-refractivity contribution in [1.82, 2.24) is 19.3 Å². The molecule has 6 heteroatoms. The van der Waals surface area contributed by atoms with Crippen LogP contribution in [-0.2, 0) is 20.0 Å². The number of nitrogens with zero attached hydrogens (tertiary/aromatic N) is 4. The Labute approximate surface area is 134 Å². The van der Waals surface area contributed by atoms with Crippen molar-refractivity contribution < 1.29 is 9.90 Å². The number of hydrogen-bond donors (Lipinski definition) is 1. The number of benzene rings is 1. The fourth-order valence-electron chi connectivity index (χ4n) is 2.56. The van der Waals surface area contributed by atoms with Crippen LogP contribution in [0.2, 0.25) is 0 Å². The first-order valence-electron chi connectivity index (χ1n) is 7.36. The first-order valence-corrected chi connectivity index (χ1v) is 7.36. The molecule has 1 N–H and O–H groups in total. The van der Waals surface area contributed by atoms with Gasteiger partial charge in [0, 0.05) is 25.4 Å². The van der Waals surface area contributed by atoms with Crippen molar-refractivity contribution in [3.63, 3.8) is 0 Å². The maximum Gasteiger partial charge on any atom is 0.335 e. The van der Waals surface area contributed by atoms with Crippen LogP contribution in [0.3, 0.4) is 0 Å². The minimum absolute atomic E-state index is 0.321. The third kappa shape index (κ3) is 3.15. The number of aryl methyl sites for hydroxylation is 4. The van der Waals surface area contributed by atoms with E-state index >= 15 is 0 Å². The van der Waals surface area contributed by atoms with Gasteiger partial charge in [-0.1, -0.05) is 6.07 Å². The molecule has 1 aromatic carbocycles. The van der Waals surface area contributed by atoms with Crippen LogP contribution in [0.15, 0.2) is 43.1 Å². The number of aromatic carboxylic acids is 1. The van der Waals surface area contributed by atoms with Crippen molar-refractivity contribution in [1.29, 1.82) is 0 Å². The van der Waals surface area contributed by atoms with Gasteiger partial charge in [-0.2, -0.15) is 5.10 Å². The standard InChI is InChI=1S/C17H18N4O2/c1-12-3-4-14(17(22)23)7-13(12)5-6-21-10-15(8-19-21)16-9-18-11-20(16)2/h3-4,7-11H,5-6H2,1-2H3,(H,22,23). The summed E-state index contributed by atoms with van der Waals surface area (Å²) in [6, 6.07) is 5.22. The lowest BCUT2D eigenvalue weighted by Gasteiger charge is -2.07. The molecule has 0 fully saturated rings. The van der Waals surface area contributed by atoms with Crippen LogP contribution in [-0.4, -0.2) is 30.4 Å². The van der Waals surface area contributed by atoms with E-state index < -0.39 is 5.97 Å². The summed E-state index contributed by atoms with van der Waals surface area (Å²) in [5, 5.41) is 13.5. The first kappa shape index (κ1) is 15.0. The fraction of sp³-hybridized carbons (Fsp3) is 0.235. The molecule has 0 atom stereocenters. The van der Waals surface area contributed by atoms with Crippen LogP contribution >= 0.6 is 0 Å².